The largest absolute Gasteiger partial charge is 0.496 e. The van der Waals surface area contributed by atoms with E-state index in [0.29, 0.717) is 6.42 Å². The molecule has 0 aliphatic rings. The third-order valence-corrected chi connectivity index (χ3v) is 4.47. The van der Waals surface area contributed by atoms with E-state index in [1.807, 2.05) is 18.3 Å². The molecule has 4 heteroatoms. The topological polar surface area (TPSA) is 55.0 Å². The Morgan fingerprint density at radius 3 is 2.60 bits per heavy atom. The van der Waals surface area contributed by atoms with Gasteiger partial charge in [0.05, 0.1) is 19.0 Å². The Bertz CT molecular complexity index is 839. The summed E-state index contributed by atoms with van der Waals surface area (Å²) in [5.41, 5.74) is 2.02. The highest BCUT2D eigenvalue weighted by molar-refractivity contribution is 5.90. The smallest absolute Gasteiger partial charge is 0.128 e. The molecular weight excluding hydrogens is 312 g/mol. The number of aromatic nitrogens is 2. The standard InChI is InChI=1S/C21H24N2O2/c1-25-20-14-17-10-7-6-9-16(17)13-18(20)19-15-22-21(23-19)11-5-3-2-4-8-12-24/h6-7,9-10,12-15H,2-5,8,11H2,1H3,(H,22,23). The number of ether oxygens (including phenoxy) is 1. The molecule has 25 heavy (non-hydrogen) atoms. The summed E-state index contributed by atoms with van der Waals surface area (Å²) >= 11 is 0. The fourth-order valence-corrected chi connectivity index (χ4v) is 3.10. The van der Waals surface area contributed by atoms with Crippen molar-refractivity contribution in [1.82, 2.24) is 9.97 Å². The van der Waals surface area contributed by atoms with Gasteiger partial charge in [-0.05, 0) is 35.7 Å². The number of aromatic amines is 1. The maximum atomic E-state index is 10.3. The van der Waals surface area contributed by atoms with Gasteiger partial charge >= 0.3 is 0 Å². The van der Waals surface area contributed by atoms with Gasteiger partial charge in [0.2, 0.25) is 0 Å². The highest BCUT2D eigenvalue weighted by Gasteiger charge is 2.10. The van der Waals surface area contributed by atoms with Gasteiger partial charge in [-0.15, -0.1) is 0 Å². The summed E-state index contributed by atoms with van der Waals surface area (Å²) in [6, 6.07) is 12.5. The molecule has 130 valence electrons. The lowest BCUT2D eigenvalue weighted by Gasteiger charge is -2.09. The van der Waals surface area contributed by atoms with Gasteiger partial charge in [-0.25, -0.2) is 4.98 Å². The van der Waals surface area contributed by atoms with Gasteiger partial charge in [0, 0.05) is 18.4 Å². The van der Waals surface area contributed by atoms with E-state index in [9.17, 15) is 4.79 Å². The van der Waals surface area contributed by atoms with Crippen molar-refractivity contribution in [2.24, 2.45) is 0 Å². The zero-order chi connectivity index (χ0) is 17.5. The minimum atomic E-state index is 0.673. The van der Waals surface area contributed by atoms with E-state index in [4.69, 9.17) is 4.74 Å². The second-order valence-corrected chi connectivity index (χ2v) is 6.26. The van der Waals surface area contributed by atoms with E-state index in [1.54, 1.807) is 7.11 Å². The maximum Gasteiger partial charge on any atom is 0.128 e. The second-order valence-electron chi connectivity index (χ2n) is 6.26. The first-order valence-electron chi connectivity index (χ1n) is 8.86. The van der Waals surface area contributed by atoms with Crippen LogP contribution >= 0.6 is 0 Å². The lowest BCUT2D eigenvalue weighted by atomic mass is 10.0. The summed E-state index contributed by atoms with van der Waals surface area (Å²) in [6.45, 7) is 0. The predicted molar refractivity (Wildman–Crippen MR) is 101 cm³/mol. The first-order chi connectivity index (χ1) is 12.3. The maximum absolute atomic E-state index is 10.3. The van der Waals surface area contributed by atoms with Crippen LogP contribution in [0.15, 0.2) is 42.6 Å². The molecule has 2 aromatic carbocycles. The average Bonchev–Trinajstić information content (AvgIpc) is 3.12. The summed E-state index contributed by atoms with van der Waals surface area (Å²) in [4.78, 5) is 18.2. The van der Waals surface area contributed by atoms with E-state index < -0.39 is 0 Å². The number of nitrogens with zero attached hydrogens (tertiary/aromatic N) is 1. The zero-order valence-corrected chi connectivity index (χ0v) is 14.6. The van der Waals surface area contributed by atoms with Crippen molar-refractivity contribution in [3.8, 4) is 17.0 Å². The quantitative estimate of drug-likeness (QED) is 0.445. The number of aldehydes is 1. The van der Waals surface area contributed by atoms with Gasteiger partial charge in [-0.2, -0.15) is 0 Å². The van der Waals surface area contributed by atoms with Crippen molar-refractivity contribution in [3.05, 3.63) is 48.4 Å². The number of unbranched alkanes of at least 4 members (excludes halogenated alkanes) is 4. The molecule has 3 aromatic rings. The number of hydrogen-bond acceptors (Lipinski definition) is 3. The van der Waals surface area contributed by atoms with Gasteiger partial charge < -0.3 is 14.5 Å². The lowest BCUT2D eigenvalue weighted by molar-refractivity contribution is -0.107. The van der Waals surface area contributed by atoms with Crippen molar-refractivity contribution < 1.29 is 9.53 Å². The molecule has 3 rings (SSSR count). The van der Waals surface area contributed by atoms with Crippen LogP contribution in [-0.4, -0.2) is 23.4 Å². The molecular formula is C21H24N2O2. The summed E-state index contributed by atoms with van der Waals surface area (Å²) in [5.74, 6) is 1.85. The summed E-state index contributed by atoms with van der Waals surface area (Å²) in [5, 5.41) is 2.35. The predicted octanol–water partition coefficient (Wildman–Crippen LogP) is 4.93. The second kappa shape index (κ2) is 8.47. The van der Waals surface area contributed by atoms with Gasteiger partial charge in [0.1, 0.15) is 17.9 Å². The lowest BCUT2D eigenvalue weighted by Crippen LogP contribution is -1.91. The molecule has 0 unspecified atom stereocenters. The van der Waals surface area contributed by atoms with Crippen LogP contribution < -0.4 is 4.74 Å². The van der Waals surface area contributed by atoms with Crippen molar-refractivity contribution in [2.45, 2.75) is 38.5 Å². The van der Waals surface area contributed by atoms with Crippen LogP contribution in [-0.2, 0) is 11.2 Å². The molecule has 1 heterocycles. The number of nitrogens with one attached hydrogen (secondary N) is 1. The van der Waals surface area contributed by atoms with Crippen LogP contribution in [0.1, 0.15) is 37.9 Å². The molecule has 0 fully saturated rings. The van der Waals surface area contributed by atoms with Crippen LogP contribution in [0.25, 0.3) is 22.0 Å². The number of carbonyl (C=O) groups excluding carboxylic acids is 1. The monoisotopic (exact) mass is 336 g/mol. The fourth-order valence-electron chi connectivity index (χ4n) is 3.10. The van der Waals surface area contributed by atoms with Crippen LogP contribution in [0.5, 0.6) is 5.75 Å². The fraction of sp³-hybridized carbons (Fsp3) is 0.333. The number of benzene rings is 2. The van der Waals surface area contributed by atoms with Crippen LogP contribution in [0, 0.1) is 0 Å². The summed E-state index contributed by atoms with van der Waals surface area (Å²) in [6.07, 6.45) is 8.78. The van der Waals surface area contributed by atoms with Crippen molar-refractivity contribution >= 4 is 17.1 Å². The molecule has 0 aliphatic heterocycles. The van der Waals surface area contributed by atoms with Crippen LogP contribution in [0.3, 0.4) is 0 Å². The summed E-state index contributed by atoms with van der Waals surface area (Å²) < 4.78 is 5.58. The number of fused-ring (bicyclic) bond motifs is 1. The Hall–Kier alpha value is -2.62. The van der Waals surface area contributed by atoms with Crippen LogP contribution in [0.4, 0.5) is 0 Å². The zero-order valence-electron chi connectivity index (χ0n) is 14.6. The third kappa shape index (κ3) is 4.27. The highest BCUT2D eigenvalue weighted by atomic mass is 16.5. The number of carbonyl (C=O) groups is 1. The van der Waals surface area contributed by atoms with Crippen molar-refractivity contribution in [1.29, 1.82) is 0 Å². The van der Waals surface area contributed by atoms with Gasteiger partial charge in [0.25, 0.3) is 0 Å². The first-order valence-corrected chi connectivity index (χ1v) is 8.86. The normalized spacial score (nSPS) is 10.9. The number of hydrogen-bond donors (Lipinski definition) is 1. The number of H-pyrrole nitrogens is 1. The number of imidazole rings is 1. The molecule has 0 saturated carbocycles. The van der Waals surface area contributed by atoms with Gasteiger partial charge in [0.15, 0.2) is 0 Å². The Morgan fingerprint density at radius 2 is 1.84 bits per heavy atom. The molecule has 0 bridgehead atoms. The molecule has 1 N–H and O–H groups in total. The molecule has 0 spiro atoms. The van der Waals surface area contributed by atoms with E-state index in [2.05, 4.69) is 34.2 Å². The van der Waals surface area contributed by atoms with E-state index >= 15 is 0 Å². The van der Waals surface area contributed by atoms with Gasteiger partial charge in [-0.3, -0.25) is 0 Å². The van der Waals surface area contributed by atoms with Gasteiger partial charge in [-0.1, -0.05) is 37.1 Å². The molecule has 4 nitrogen and oxygen atoms in total. The molecule has 0 aliphatic carbocycles. The Balaban J connectivity index is 1.71. The first kappa shape index (κ1) is 17.2. The van der Waals surface area contributed by atoms with E-state index in [-0.39, 0.29) is 0 Å². The average molecular weight is 336 g/mol. The molecule has 0 radical (unpaired) electrons. The molecule has 1 aromatic heterocycles. The Labute approximate surface area is 148 Å². The van der Waals surface area contributed by atoms with E-state index in [1.165, 1.54) is 5.39 Å². The third-order valence-electron chi connectivity index (χ3n) is 4.47. The summed E-state index contributed by atoms with van der Waals surface area (Å²) in [7, 11) is 1.70. The molecule has 0 atom stereocenters. The van der Waals surface area contributed by atoms with Crippen molar-refractivity contribution in [3.63, 3.8) is 0 Å². The van der Waals surface area contributed by atoms with E-state index in [0.717, 1.165) is 66.6 Å². The Kier molecular flexibility index (Phi) is 5.83. The number of rotatable bonds is 9. The minimum Gasteiger partial charge on any atom is -0.496 e. The van der Waals surface area contributed by atoms with Crippen LogP contribution in [0.2, 0.25) is 0 Å². The minimum absolute atomic E-state index is 0.673. The number of methoxy groups -OCH3 is 1. The number of aryl methyl sites for hydroxylation is 1. The Morgan fingerprint density at radius 1 is 1.08 bits per heavy atom. The highest BCUT2D eigenvalue weighted by Crippen LogP contribution is 2.33. The molecule has 0 amide bonds. The van der Waals surface area contributed by atoms with Crippen molar-refractivity contribution in [2.75, 3.05) is 7.11 Å². The SMILES string of the molecule is COc1cc2ccccc2cc1-c1cnc(CCCCCCC=O)[nH]1. The molecule has 0 saturated heterocycles.